The smallest absolute Gasteiger partial charge is 0.345 e. The zero-order chi connectivity index (χ0) is 16.8. The lowest BCUT2D eigenvalue weighted by Gasteiger charge is -2.04. The Bertz CT molecular complexity index is 1180. The van der Waals surface area contributed by atoms with Crippen LogP contribution in [0, 0.1) is 10.1 Å². The number of nitrogens with two attached hydrogens (primary N) is 1. The van der Waals surface area contributed by atoms with E-state index in [-0.39, 0.29) is 5.69 Å². The van der Waals surface area contributed by atoms with E-state index in [1.807, 2.05) is 17.5 Å². The Morgan fingerprint density at radius 1 is 1.12 bits per heavy atom. The van der Waals surface area contributed by atoms with E-state index in [0.29, 0.717) is 27.1 Å². The number of thiophene rings is 1. The van der Waals surface area contributed by atoms with Crippen LogP contribution in [0.2, 0.25) is 0 Å². The summed E-state index contributed by atoms with van der Waals surface area (Å²) in [5.74, 6) is 0. The van der Waals surface area contributed by atoms with E-state index in [1.54, 1.807) is 12.1 Å². The average molecular weight is 338 g/mol. The van der Waals surface area contributed by atoms with Crippen molar-refractivity contribution in [3.63, 3.8) is 0 Å². The summed E-state index contributed by atoms with van der Waals surface area (Å²) in [5, 5.41) is 14.8. The van der Waals surface area contributed by atoms with Gasteiger partial charge < -0.3 is 10.2 Å². The molecule has 4 rings (SSSR count). The first-order chi connectivity index (χ1) is 11.6. The summed E-state index contributed by atoms with van der Waals surface area (Å²) in [5.41, 5.74) is 6.77. The van der Waals surface area contributed by atoms with Gasteiger partial charge in [-0.3, -0.25) is 10.1 Å². The molecule has 0 bridgehead atoms. The molecule has 0 atom stereocenters. The molecule has 4 aromatic rings. The lowest BCUT2D eigenvalue weighted by atomic mass is 10.1. The van der Waals surface area contributed by atoms with Crippen molar-refractivity contribution in [2.24, 2.45) is 0 Å². The van der Waals surface area contributed by atoms with Crippen molar-refractivity contribution in [1.29, 1.82) is 0 Å². The van der Waals surface area contributed by atoms with Gasteiger partial charge >= 0.3 is 5.63 Å². The SMILES string of the molecule is Nc1ccc([N+](=O)[O-])cc1-c1scc2c1c(=O)oc1ccccc12. The number of anilines is 1. The van der Waals surface area contributed by atoms with Crippen molar-refractivity contribution in [3.8, 4) is 10.4 Å². The van der Waals surface area contributed by atoms with Crippen LogP contribution in [0.5, 0.6) is 0 Å². The molecule has 0 amide bonds. The number of benzene rings is 2. The third-order valence-corrected chi connectivity index (χ3v) is 4.88. The molecule has 2 aromatic carbocycles. The molecule has 0 aliphatic carbocycles. The Morgan fingerprint density at radius 3 is 2.71 bits per heavy atom. The normalized spacial score (nSPS) is 11.2. The standard InChI is InChI=1S/C17H10N2O4S/c18-13-6-5-9(19(21)22)7-11(13)16-15-12(8-24-16)10-3-1-2-4-14(10)23-17(15)20/h1-8H,18H2. The Hall–Kier alpha value is -3.19. The van der Waals surface area contributed by atoms with Gasteiger partial charge in [0, 0.05) is 39.5 Å². The third-order valence-electron chi connectivity index (χ3n) is 3.87. The van der Waals surface area contributed by atoms with Crippen LogP contribution in [0.25, 0.3) is 32.2 Å². The maximum Gasteiger partial charge on any atom is 0.345 e. The molecule has 2 aromatic heterocycles. The lowest BCUT2D eigenvalue weighted by molar-refractivity contribution is -0.384. The summed E-state index contributed by atoms with van der Waals surface area (Å²) in [6, 6.07) is 11.5. The van der Waals surface area contributed by atoms with Crippen LogP contribution in [0.3, 0.4) is 0 Å². The second-order valence-corrected chi connectivity index (χ2v) is 6.15. The molecule has 24 heavy (non-hydrogen) atoms. The number of nitrogens with zero attached hydrogens (tertiary/aromatic N) is 1. The van der Waals surface area contributed by atoms with Gasteiger partial charge in [-0.2, -0.15) is 0 Å². The molecule has 0 aliphatic heterocycles. The highest BCUT2D eigenvalue weighted by molar-refractivity contribution is 7.15. The summed E-state index contributed by atoms with van der Waals surface area (Å²) in [4.78, 5) is 23.6. The Kier molecular flexibility index (Phi) is 3.10. The monoisotopic (exact) mass is 338 g/mol. The van der Waals surface area contributed by atoms with Gasteiger partial charge in [0.1, 0.15) is 5.58 Å². The number of rotatable bonds is 2. The fourth-order valence-corrected chi connectivity index (χ4v) is 3.84. The largest absolute Gasteiger partial charge is 0.422 e. The highest BCUT2D eigenvalue weighted by atomic mass is 32.1. The van der Waals surface area contributed by atoms with Crippen molar-refractivity contribution in [2.75, 3.05) is 5.73 Å². The molecule has 7 heteroatoms. The lowest BCUT2D eigenvalue weighted by Crippen LogP contribution is -2.00. The number of nitro groups is 1. The second kappa shape index (κ2) is 5.17. The topological polar surface area (TPSA) is 99.4 Å². The zero-order valence-corrected chi connectivity index (χ0v) is 13.0. The predicted octanol–water partition coefficient (Wildman–Crippen LogP) is 4.17. The molecular formula is C17H10N2O4S. The summed E-state index contributed by atoms with van der Waals surface area (Å²) in [7, 11) is 0. The van der Waals surface area contributed by atoms with Gasteiger partial charge in [0.15, 0.2) is 0 Å². The minimum atomic E-state index is -0.489. The number of hydrogen-bond donors (Lipinski definition) is 1. The van der Waals surface area contributed by atoms with Gasteiger partial charge in [-0.15, -0.1) is 11.3 Å². The van der Waals surface area contributed by atoms with Crippen molar-refractivity contribution in [1.82, 2.24) is 0 Å². The van der Waals surface area contributed by atoms with E-state index in [4.69, 9.17) is 10.2 Å². The van der Waals surface area contributed by atoms with Crippen molar-refractivity contribution < 1.29 is 9.34 Å². The first-order valence-corrected chi connectivity index (χ1v) is 7.91. The number of para-hydroxylation sites is 1. The maximum atomic E-state index is 12.4. The number of nitro benzene ring substituents is 1. The fraction of sp³-hybridized carbons (Fsp3) is 0. The molecule has 0 saturated heterocycles. The number of fused-ring (bicyclic) bond motifs is 3. The fourth-order valence-electron chi connectivity index (χ4n) is 2.74. The molecule has 0 radical (unpaired) electrons. The van der Waals surface area contributed by atoms with Gasteiger partial charge in [-0.1, -0.05) is 18.2 Å². The van der Waals surface area contributed by atoms with Crippen LogP contribution in [-0.2, 0) is 0 Å². The molecule has 118 valence electrons. The van der Waals surface area contributed by atoms with Crippen LogP contribution in [0.4, 0.5) is 11.4 Å². The molecule has 0 fully saturated rings. The molecule has 0 spiro atoms. The van der Waals surface area contributed by atoms with Crippen LogP contribution in [0.15, 0.2) is 57.1 Å². The average Bonchev–Trinajstić information content (AvgIpc) is 3.01. The van der Waals surface area contributed by atoms with Gasteiger partial charge in [-0.25, -0.2) is 4.79 Å². The van der Waals surface area contributed by atoms with Gasteiger partial charge in [0.2, 0.25) is 0 Å². The number of hydrogen-bond acceptors (Lipinski definition) is 6. The molecule has 2 N–H and O–H groups in total. The Labute approximate surface area is 138 Å². The number of non-ortho nitro benzene ring substituents is 1. The van der Waals surface area contributed by atoms with Crippen LogP contribution < -0.4 is 11.4 Å². The zero-order valence-electron chi connectivity index (χ0n) is 12.2. The van der Waals surface area contributed by atoms with Gasteiger partial charge in [-0.05, 0) is 12.1 Å². The highest BCUT2D eigenvalue weighted by Crippen LogP contribution is 2.40. The van der Waals surface area contributed by atoms with E-state index in [1.165, 1.54) is 29.5 Å². The Balaban J connectivity index is 2.09. The van der Waals surface area contributed by atoms with Crippen molar-refractivity contribution in [3.05, 3.63) is 68.4 Å². The molecule has 0 aliphatic rings. The highest BCUT2D eigenvalue weighted by Gasteiger charge is 2.18. The minimum Gasteiger partial charge on any atom is -0.422 e. The van der Waals surface area contributed by atoms with E-state index >= 15 is 0 Å². The summed E-state index contributed by atoms with van der Waals surface area (Å²) in [6.07, 6.45) is 0. The molecule has 0 saturated carbocycles. The number of nitrogen functional groups attached to an aromatic ring is 1. The summed E-state index contributed by atoms with van der Waals surface area (Å²) < 4.78 is 5.39. The summed E-state index contributed by atoms with van der Waals surface area (Å²) in [6.45, 7) is 0. The first-order valence-electron chi connectivity index (χ1n) is 7.03. The third kappa shape index (κ3) is 2.06. The van der Waals surface area contributed by atoms with Crippen molar-refractivity contribution >= 4 is 44.5 Å². The second-order valence-electron chi connectivity index (χ2n) is 5.27. The van der Waals surface area contributed by atoms with Crippen LogP contribution in [-0.4, -0.2) is 4.92 Å². The molecule has 0 unspecified atom stereocenters. The minimum absolute atomic E-state index is 0.0778. The van der Waals surface area contributed by atoms with Crippen LogP contribution >= 0.6 is 11.3 Å². The molecule has 6 nitrogen and oxygen atoms in total. The molecular weight excluding hydrogens is 328 g/mol. The van der Waals surface area contributed by atoms with E-state index in [0.717, 1.165) is 10.8 Å². The van der Waals surface area contributed by atoms with E-state index in [9.17, 15) is 14.9 Å². The van der Waals surface area contributed by atoms with E-state index < -0.39 is 10.5 Å². The van der Waals surface area contributed by atoms with E-state index in [2.05, 4.69) is 0 Å². The van der Waals surface area contributed by atoms with Gasteiger partial charge in [0.25, 0.3) is 5.69 Å². The quantitative estimate of drug-likeness (QED) is 0.256. The summed E-state index contributed by atoms with van der Waals surface area (Å²) >= 11 is 1.32. The maximum absolute atomic E-state index is 12.4. The predicted molar refractivity (Wildman–Crippen MR) is 94.4 cm³/mol. The molecule has 2 heterocycles. The van der Waals surface area contributed by atoms with Gasteiger partial charge in [0.05, 0.1) is 15.2 Å². The first kappa shape index (κ1) is 14.4. The Morgan fingerprint density at radius 2 is 1.92 bits per heavy atom. The van der Waals surface area contributed by atoms with Crippen LogP contribution in [0.1, 0.15) is 0 Å². The van der Waals surface area contributed by atoms with Crippen molar-refractivity contribution in [2.45, 2.75) is 0 Å².